The molecule has 0 spiro atoms. The molecule has 2 N–H and O–H groups in total. The van der Waals surface area contributed by atoms with E-state index in [1.165, 1.54) is 12.8 Å². The van der Waals surface area contributed by atoms with Crippen molar-refractivity contribution in [2.75, 3.05) is 13.7 Å². The predicted molar refractivity (Wildman–Crippen MR) is 92.8 cm³/mol. The number of hydrogen-bond donors (Lipinski definition) is 2. The number of ether oxygens (including phenoxy) is 1. The maximum atomic E-state index is 10.7. The van der Waals surface area contributed by atoms with Gasteiger partial charge in [-0.05, 0) is 40.9 Å². The fourth-order valence-corrected chi connectivity index (χ4v) is 4.44. The zero-order valence-corrected chi connectivity index (χ0v) is 15.6. The van der Waals surface area contributed by atoms with Crippen molar-refractivity contribution in [1.82, 2.24) is 5.32 Å². The first-order chi connectivity index (χ1) is 10.0. The second-order valence-corrected chi connectivity index (χ2v) is 7.59. The quantitative estimate of drug-likeness (QED) is 0.693. The van der Waals surface area contributed by atoms with Crippen molar-refractivity contribution in [3.05, 3.63) is 26.6 Å². The van der Waals surface area contributed by atoms with E-state index in [-0.39, 0.29) is 0 Å². The Hall–Kier alpha value is -0.100. The lowest BCUT2D eigenvalue weighted by molar-refractivity contribution is 0.0250. The van der Waals surface area contributed by atoms with Crippen molar-refractivity contribution in [3.63, 3.8) is 0 Å². The molecule has 118 valence electrons. The third kappa shape index (κ3) is 4.95. The average Bonchev–Trinajstić information content (AvgIpc) is 2.63. The van der Waals surface area contributed by atoms with Gasteiger partial charge in [0, 0.05) is 23.1 Å². The number of hydrogen-bond acceptors (Lipinski definition) is 3. The number of benzene rings is 1. The van der Waals surface area contributed by atoms with Crippen LogP contribution in [0.2, 0.25) is 0 Å². The van der Waals surface area contributed by atoms with E-state index in [0.29, 0.717) is 13.1 Å². The van der Waals surface area contributed by atoms with E-state index in [1.807, 2.05) is 12.1 Å². The Labute approximate surface area is 143 Å². The smallest absolute Gasteiger partial charge is 0.137 e. The van der Waals surface area contributed by atoms with Crippen molar-refractivity contribution in [3.8, 4) is 5.75 Å². The molecule has 0 aliphatic heterocycles. The second kappa shape index (κ2) is 7.95. The molecule has 0 aromatic heterocycles. The van der Waals surface area contributed by atoms with Crippen LogP contribution in [0, 0.1) is 0 Å². The van der Waals surface area contributed by atoms with Crippen LogP contribution in [0.3, 0.4) is 0 Å². The van der Waals surface area contributed by atoms with E-state index < -0.39 is 5.60 Å². The summed E-state index contributed by atoms with van der Waals surface area (Å²) in [6, 6.07) is 4.02. The van der Waals surface area contributed by atoms with Crippen LogP contribution < -0.4 is 10.1 Å². The Kier molecular flexibility index (Phi) is 6.53. The van der Waals surface area contributed by atoms with Gasteiger partial charge >= 0.3 is 0 Å². The average molecular weight is 421 g/mol. The first-order valence-electron chi connectivity index (χ1n) is 7.49. The lowest BCUT2D eigenvalue weighted by Crippen LogP contribution is -2.39. The van der Waals surface area contributed by atoms with Gasteiger partial charge in [-0.15, -0.1) is 0 Å². The zero-order valence-electron chi connectivity index (χ0n) is 12.4. The molecule has 1 aliphatic carbocycles. The summed E-state index contributed by atoms with van der Waals surface area (Å²) in [7, 11) is 1.68. The second-order valence-electron chi connectivity index (χ2n) is 5.82. The summed E-state index contributed by atoms with van der Waals surface area (Å²) in [4.78, 5) is 0. The molecule has 0 saturated heterocycles. The summed E-state index contributed by atoms with van der Waals surface area (Å²) >= 11 is 7.02. The van der Waals surface area contributed by atoms with E-state index in [0.717, 1.165) is 45.9 Å². The van der Waals surface area contributed by atoms with Crippen molar-refractivity contribution in [2.24, 2.45) is 0 Å². The molecule has 0 amide bonds. The molecular formula is C16H23Br2NO2. The van der Waals surface area contributed by atoms with E-state index in [4.69, 9.17) is 4.74 Å². The van der Waals surface area contributed by atoms with Gasteiger partial charge in [-0.2, -0.15) is 0 Å². The Morgan fingerprint density at radius 3 is 2.48 bits per heavy atom. The largest absolute Gasteiger partial charge is 0.495 e. The van der Waals surface area contributed by atoms with Crippen LogP contribution in [0.1, 0.15) is 44.1 Å². The summed E-state index contributed by atoms with van der Waals surface area (Å²) in [5.41, 5.74) is 0.531. The normalized spacial score (nSPS) is 18.3. The van der Waals surface area contributed by atoms with Gasteiger partial charge in [0.1, 0.15) is 5.75 Å². The lowest BCUT2D eigenvalue weighted by Gasteiger charge is -2.27. The molecule has 3 nitrogen and oxygen atoms in total. The van der Waals surface area contributed by atoms with Gasteiger partial charge in [-0.1, -0.05) is 41.6 Å². The number of rotatable bonds is 5. The molecule has 1 aliphatic rings. The van der Waals surface area contributed by atoms with Crippen LogP contribution in [0.25, 0.3) is 0 Å². The van der Waals surface area contributed by atoms with Gasteiger partial charge in [0.05, 0.1) is 17.2 Å². The molecule has 0 radical (unpaired) electrons. The highest BCUT2D eigenvalue weighted by Gasteiger charge is 2.27. The summed E-state index contributed by atoms with van der Waals surface area (Å²) in [5, 5.41) is 14.0. The van der Waals surface area contributed by atoms with Crippen LogP contribution in [0.15, 0.2) is 21.1 Å². The Morgan fingerprint density at radius 2 is 1.86 bits per heavy atom. The highest BCUT2D eigenvalue weighted by molar-refractivity contribution is 9.11. The standard InChI is InChI=1S/C16H23Br2NO2/c1-21-15-12(8-13(17)9-14(15)18)10-19-11-16(20)6-4-2-3-5-7-16/h8-9,19-20H,2-7,10-11H2,1H3. The van der Waals surface area contributed by atoms with Crippen LogP contribution in [0.5, 0.6) is 5.75 Å². The minimum atomic E-state index is -0.549. The van der Waals surface area contributed by atoms with Gasteiger partial charge in [0.15, 0.2) is 0 Å². The number of halogens is 2. The van der Waals surface area contributed by atoms with E-state index in [2.05, 4.69) is 37.2 Å². The van der Waals surface area contributed by atoms with Crippen molar-refractivity contribution < 1.29 is 9.84 Å². The Morgan fingerprint density at radius 1 is 1.19 bits per heavy atom. The van der Waals surface area contributed by atoms with Crippen LogP contribution >= 0.6 is 31.9 Å². The minimum Gasteiger partial charge on any atom is -0.495 e. The molecule has 1 aromatic carbocycles. The molecule has 0 atom stereocenters. The maximum absolute atomic E-state index is 10.7. The highest BCUT2D eigenvalue weighted by atomic mass is 79.9. The van der Waals surface area contributed by atoms with Crippen LogP contribution in [0.4, 0.5) is 0 Å². The SMILES string of the molecule is COc1c(Br)cc(Br)cc1CNCC1(O)CCCCCC1. The van der Waals surface area contributed by atoms with Crippen molar-refractivity contribution in [1.29, 1.82) is 0 Å². The molecule has 0 heterocycles. The molecule has 1 saturated carbocycles. The molecule has 2 rings (SSSR count). The van der Waals surface area contributed by atoms with Gasteiger partial charge in [0.25, 0.3) is 0 Å². The molecule has 5 heteroatoms. The molecule has 0 bridgehead atoms. The molecule has 21 heavy (non-hydrogen) atoms. The summed E-state index contributed by atoms with van der Waals surface area (Å²) in [5.74, 6) is 0.846. The third-order valence-corrected chi connectivity index (χ3v) is 5.14. The lowest BCUT2D eigenvalue weighted by atomic mass is 9.94. The fourth-order valence-electron chi connectivity index (χ4n) is 2.97. The minimum absolute atomic E-state index is 0.549. The van der Waals surface area contributed by atoms with Gasteiger partial charge in [-0.25, -0.2) is 0 Å². The van der Waals surface area contributed by atoms with Gasteiger partial charge < -0.3 is 15.2 Å². The van der Waals surface area contributed by atoms with Crippen molar-refractivity contribution in [2.45, 2.75) is 50.7 Å². The monoisotopic (exact) mass is 419 g/mol. The van der Waals surface area contributed by atoms with E-state index >= 15 is 0 Å². The number of aliphatic hydroxyl groups is 1. The molecule has 1 aromatic rings. The summed E-state index contributed by atoms with van der Waals surface area (Å²) in [6.45, 7) is 1.32. The zero-order chi connectivity index (χ0) is 15.3. The van der Waals surface area contributed by atoms with Crippen LogP contribution in [-0.2, 0) is 6.54 Å². The summed E-state index contributed by atoms with van der Waals surface area (Å²) < 4.78 is 7.40. The van der Waals surface area contributed by atoms with Crippen LogP contribution in [-0.4, -0.2) is 24.4 Å². The number of methoxy groups -OCH3 is 1. The number of nitrogens with one attached hydrogen (secondary N) is 1. The first-order valence-corrected chi connectivity index (χ1v) is 9.08. The van der Waals surface area contributed by atoms with Gasteiger partial charge in [-0.3, -0.25) is 0 Å². The van der Waals surface area contributed by atoms with E-state index in [9.17, 15) is 5.11 Å². The maximum Gasteiger partial charge on any atom is 0.137 e. The Bertz CT molecular complexity index is 472. The first kappa shape index (κ1) is 17.3. The fraction of sp³-hybridized carbons (Fsp3) is 0.625. The topological polar surface area (TPSA) is 41.5 Å². The van der Waals surface area contributed by atoms with E-state index in [1.54, 1.807) is 7.11 Å². The molecule has 0 unspecified atom stereocenters. The highest BCUT2D eigenvalue weighted by Crippen LogP contribution is 2.33. The predicted octanol–water partition coefficient (Wildman–Crippen LogP) is 4.40. The van der Waals surface area contributed by atoms with Gasteiger partial charge in [0.2, 0.25) is 0 Å². The van der Waals surface area contributed by atoms with Crippen molar-refractivity contribution >= 4 is 31.9 Å². The molecule has 1 fully saturated rings. The Balaban J connectivity index is 1.96. The molecular weight excluding hydrogens is 398 g/mol. The summed E-state index contributed by atoms with van der Waals surface area (Å²) in [6.07, 6.45) is 6.55. The third-order valence-electron chi connectivity index (χ3n) is 4.09.